The summed E-state index contributed by atoms with van der Waals surface area (Å²) in [5, 5.41) is 4.57. The predicted octanol–water partition coefficient (Wildman–Crippen LogP) is 4.48. The van der Waals surface area contributed by atoms with Crippen molar-refractivity contribution in [2.24, 2.45) is 0 Å². The highest BCUT2D eigenvalue weighted by Crippen LogP contribution is 2.25. The van der Waals surface area contributed by atoms with Gasteiger partial charge in [-0.2, -0.15) is 0 Å². The van der Waals surface area contributed by atoms with Gasteiger partial charge in [0, 0.05) is 24.3 Å². The van der Waals surface area contributed by atoms with Crippen LogP contribution >= 0.6 is 11.3 Å². The number of hydrogen-bond donors (Lipinski definition) is 1. The summed E-state index contributed by atoms with van der Waals surface area (Å²) >= 11 is 1.41. The minimum atomic E-state index is -1.07. The van der Waals surface area contributed by atoms with Gasteiger partial charge in [-0.05, 0) is 59.3 Å². The molecular weight excluding hydrogens is 382 g/mol. The number of nitrogens with one attached hydrogen (secondary N) is 1. The molecule has 142 valence electrons. The van der Waals surface area contributed by atoms with Gasteiger partial charge < -0.3 is 10.2 Å². The SMILES string of the molecule is O=C(Nc1ccc2c(c1)CN(C(=O)c1cccs1)CC2)c1ccc(F)c(F)c1. The van der Waals surface area contributed by atoms with E-state index in [2.05, 4.69) is 5.32 Å². The normalized spacial score (nSPS) is 13.1. The van der Waals surface area contributed by atoms with E-state index in [-0.39, 0.29) is 11.5 Å². The average Bonchev–Trinajstić information content (AvgIpc) is 3.23. The highest BCUT2D eigenvalue weighted by Gasteiger charge is 2.23. The molecule has 0 fully saturated rings. The van der Waals surface area contributed by atoms with E-state index in [1.807, 2.05) is 23.6 Å². The second-order valence-corrected chi connectivity index (χ2v) is 7.47. The van der Waals surface area contributed by atoms with Gasteiger partial charge in [0.05, 0.1) is 4.88 Å². The maximum absolute atomic E-state index is 13.3. The van der Waals surface area contributed by atoms with Crippen LogP contribution in [-0.4, -0.2) is 23.3 Å². The van der Waals surface area contributed by atoms with Crippen LogP contribution in [0.5, 0.6) is 0 Å². The summed E-state index contributed by atoms with van der Waals surface area (Å²) in [4.78, 5) is 27.4. The Balaban J connectivity index is 1.50. The molecule has 0 spiro atoms. The fourth-order valence-corrected chi connectivity index (χ4v) is 3.90. The van der Waals surface area contributed by atoms with Crippen molar-refractivity contribution < 1.29 is 18.4 Å². The number of carbonyl (C=O) groups excluding carboxylic acids is 2. The van der Waals surface area contributed by atoms with E-state index in [1.54, 1.807) is 17.0 Å². The van der Waals surface area contributed by atoms with Crippen LogP contribution in [-0.2, 0) is 13.0 Å². The third-order valence-electron chi connectivity index (χ3n) is 4.68. The maximum Gasteiger partial charge on any atom is 0.264 e. The molecule has 3 aromatic rings. The first-order valence-corrected chi connectivity index (χ1v) is 9.60. The fraction of sp³-hybridized carbons (Fsp3) is 0.143. The van der Waals surface area contributed by atoms with Crippen LogP contribution in [0.2, 0.25) is 0 Å². The Hall–Kier alpha value is -3.06. The first-order valence-electron chi connectivity index (χ1n) is 8.72. The summed E-state index contributed by atoms with van der Waals surface area (Å²) in [6.45, 7) is 1.10. The van der Waals surface area contributed by atoms with E-state index in [1.165, 1.54) is 17.4 Å². The molecule has 1 aromatic heterocycles. The molecule has 0 bridgehead atoms. The summed E-state index contributed by atoms with van der Waals surface area (Å²) in [6, 6.07) is 12.2. The molecule has 4 rings (SSSR count). The lowest BCUT2D eigenvalue weighted by molar-refractivity contribution is 0.0739. The Morgan fingerprint density at radius 3 is 2.61 bits per heavy atom. The Morgan fingerprint density at radius 1 is 1.00 bits per heavy atom. The van der Waals surface area contributed by atoms with Gasteiger partial charge >= 0.3 is 0 Å². The Morgan fingerprint density at radius 2 is 1.86 bits per heavy atom. The van der Waals surface area contributed by atoms with Crippen molar-refractivity contribution in [3.8, 4) is 0 Å². The number of thiophene rings is 1. The molecule has 1 aliphatic rings. The molecule has 28 heavy (non-hydrogen) atoms. The minimum Gasteiger partial charge on any atom is -0.333 e. The number of anilines is 1. The lowest BCUT2D eigenvalue weighted by Gasteiger charge is -2.29. The molecular formula is C21H16F2N2O2S. The van der Waals surface area contributed by atoms with Gasteiger partial charge in [-0.15, -0.1) is 11.3 Å². The molecule has 0 atom stereocenters. The third kappa shape index (κ3) is 3.66. The van der Waals surface area contributed by atoms with Crippen LogP contribution in [0.1, 0.15) is 31.2 Å². The van der Waals surface area contributed by atoms with Gasteiger partial charge in [0.15, 0.2) is 11.6 Å². The molecule has 1 aliphatic heterocycles. The van der Waals surface area contributed by atoms with E-state index in [0.717, 1.165) is 29.7 Å². The van der Waals surface area contributed by atoms with Gasteiger partial charge in [-0.1, -0.05) is 12.1 Å². The van der Waals surface area contributed by atoms with E-state index >= 15 is 0 Å². The zero-order valence-electron chi connectivity index (χ0n) is 14.7. The smallest absolute Gasteiger partial charge is 0.264 e. The van der Waals surface area contributed by atoms with Gasteiger partial charge in [0.2, 0.25) is 0 Å². The van der Waals surface area contributed by atoms with Crippen LogP contribution in [0.4, 0.5) is 14.5 Å². The van der Waals surface area contributed by atoms with Crippen LogP contribution in [0.25, 0.3) is 0 Å². The minimum absolute atomic E-state index is 0.00289. The molecule has 1 N–H and O–H groups in total. The van der Waals surface area contributed by atoms with E-state index in [4.69, 9.17) is 0 Å². The molecule has 0 saturated heterocycles. The topological polar surface area (TPSA) is 49.4 Å². The van der Waals surface area contributed by atoms with Crippen molar-refractivity contribution in [2.45, 2.75) is 13.0 Å². The van der Waals surface area contributed by atoms with Gasteiger partial charge in [-0.3, -0.25) is 9.59 Å². The Labute approximate surface area is 164 Å². The highest BCUT2D eigenvalue weighted by molar-refractivity contribution is 7.12. The number of fused-ring (bicyclic) bond motifs is 1. The number of hydrogen-bond acceptors (Lipinski definition) is 3. The lowest BCUT2D eigenvalue weighted by Crippen LogP contribution is -2.35. The second kappa shape index (κ2) is 7.52. The van der Waals surface area contributed by atoms with Crippen molar-refractivity contribution in [1.29, 1.82) is 0 Å². The number of rotatable bonds is 3. The average molecular weight is 398 g/mol. The summed E-state index contributed by atoms with van der Waals surface area (Å²) in [5.74, 6) is -2.60. The molecule has 0 radical (unpaired) electrons. The summed E-state index contributed by atoms with van der Waals surface area (Å²) in [5.41, 5.74) is 2.66. The Bertz CT molecular complexity index is 1050. The third-order valence-corrected chi connectivity index (χ3v) is 5.54. The van der Waals surface area contributed by atoms with Crippen molar-refractivity contribution in [2.75, 3.05) is 11.9 Å². The highest BCUT2D eigenvalue weighted by atomic mass is 32.1. The van der Waals surface area contributed by atoms with Gasteiger partial charge in [0.25, 0.3) is 11.8 Å². The summed E-state index contributed by atoms with van der Waals surface area (Å²) in [6.07, 6.45) is 0.740. The monoisotopic (exact) mass is 398 g/mol. The molecule has 0 aliphatic carbocycles. The molecule has 2 aromatic carbocycles. The standard InChI is InChI=1S/C21H16F2N2O2S/c22-17-6-4-14(11-18(17)23)20(26)24-16-5-3-13-7-8-25(12-15(13)10-16)21(27)19-2-1-9-28-19/h1-6,9-11H,7-8,12H2,(H,24,26). The summed E-state index contributed by atoms with van der Waals surface area (Å²) in [7, 11) is 0. The number of halogens is 2. The second-order valence-electron chi connectivity index (χ2n) is 6.52. The number of carbonyl (C=O) groups is 2. The zero-order valence-corrected chi connectivity index (χ0v) is 15.6. The predicted molar refractivity (Wildman–Crippen MR) is 104 cm³/mol. The zero-order chi connectivity index (χ0) is 19.7. The van der Waals surface area contributed by atoms with Crippen molar-refractivity contribution >= 4 is 28.8 Å². The number of benzene rings is 2. The molecule has 7 heteroatoms. The van der Waals surface area contributed by atoms with Crippen molar-refractivity contribution in [1.82, 2.24) is 4.90 Å². The van der Waals surface area contributed by atoms with Crippen LogP contribution in [0.15, 0.2) is 53.9 Å². The number of nitrogens with zero attached hydrogens (tertiary/aromatic N) is 1. The number of amides is 2. The first-order chi connectivity index (χ1) is 13.5. The van der Waals surface area contributed by atoms with Gasteiger partial charge in [-0.25, -0.2) is 8.78 Å². The maximum atomic E-state index is 13.3. The van der Waals surface area contributed by atoms with Gasteiger partial charge in [0.1, 0.15) is 0 Å². The first kappa shape index (κ1) is 18.3. The molecule has 0 unspecified atom stereocenters. The largest absolute Gasteiger partial charge is 0.333 e. The molecule has 4 nitrogen and oxygen atoms in total. The Kier molecular flexibility index (Phi) is 4.92. The fourth-order valence-electron chi connectivity index (χ4n) is 3.20. The molecule has 2 amide bonds. The van der Waals surface area contributed by atoms with E-state index < -0.39 is 17.5 Å². The van der Waals surface area contributed by atoms with Crippen LogP contribution < -0.4 is 5.32 Å². The lowest BCUT2D eigenvalue weighted by atomic mass is 9.98. The van der Waals surface area contributed by atoms with E-state index in [0.29, 0.717) is 23.7 Å². The van der Waals surface area contributed by atoms with Crippen LogP contribution in [0.3, 0.4) is 0 Å². The van der Waals surface area contributed by atoms with Crippen LogP contribution in [0, 0.1) is 11.6 Å². The quantitative estimate of drug-likeness (QED) is 0.707. The summed E-state index contributed by atoms with van der Waals surface area (Å²) < 4.78 is 26.4. The van der Waals surface area contributed by atoms with Crippen molar-refractivity contribution in [3.05, 3.63) is 87.1 Å². The van der Waals surface area contributed by atoms with E-state index in [9.17, 15) is 18.4 Å². The molecule has 0 saturated carbocycles. The molecule has 2 heterocycles. The van der Waals surface area contributed by atoms with Crippen molar-refractivity contribution in [3.63, 3.8) is 0 Å².